The number of ketones is 1. The second-order valence-electron chi connectivity index (χ2n) is 12.8. The van der Waals surface area contributed by atoms with Crippen LogP contribution in [0.1, 0.15) is 114 Å². The van der Waals surface area contributed by atoms with Gasteiger partial charge < -0.3 is 28.2 Å². The van der Waals surface area contributed by atoms with Crippen LogP contribution in [0.5, 0.6) is 11.5 Å². The van der Waals surface area contributed by atoms with Crippen LogP contribution in [-0.4, -0.2) is 39.4 Å². The van der Waals surface area contributed by atoms with Crippen LogP contribution in [0, 0.1) is 0 Å². The maximum atomic E-state index is 12.8. The van der Waals surface area contributed by atoms with Crippen molar-refractivity contribution in [2.75, 3.05) is 6.61 Å². The fourth-order valence-electron chi connectivity index (χ4n) is 5.99. The third-order valence-electron chi connectivity index (χ3n) is 8.93. The first-order chi connectivity index (χ1) is 33.7. The number of Topliss-reactive ketones (excluding diaryl/α,β-unsaturated/α-hetero) is 1. The summed E-state index contributed by atoms with van der Waals surface area (Å²) in [5.41, 5.74) is 3.45. The van der Waals surface area contributed by atoms with Gasteiger partial charge in [0.1, 0.15) is 22.5 Å². The van der Waals surface area contributed by atoms with Crippen molar-refractivity contribution in [3.63, 3.8) is 0 Å². The summed E-state index contributed by atoms with van der Waals surface area (Å²) in [6.07, 6.45) is -1.16. The number of carboxylic acids is 1. The van der Waals surface area contributed by atoms with Crippen molar-refractivity contribution in [3.05, 3.63) is 169 Å². The van der Waals surface area contributed by atoms with Crippen molar-refractivity contribution in [1.29, 1.82) is 0 Å². The van der Waals surface area contributed by atoms with Gasteiger partial charge in [-0.2, -0.15) is 0 Å². The van der Waals surface area contributed by atoms with Crippen LogP contribution < -0.4 is 9.47 Å². The number of benzene rings is 6. The number of hydrogen-bond donors (Lipinski definition) is 1. The van der Waals surface area contributed by atoms with Gasteiger partial charge >= 0.3 is 11.9 Å². The van der Waals surface area contributed by atoms with Gasteiger partial charge in [0, 0.05) is 11.1 Å². The summed E-state index contributed by atoms with van der Waals surface area (Å²) >= 11 is 0. The molecule has 69 heavy (non-hydrogen) atoms. The summed E-state index contributed by atoms with van der Waals surface area (Å²) in [5, 5.41) is 9.86. The molecule has 0 spiro atoms. The van der Waals surface area contributed by atoms with E-state index in [9.17, 15) is 19.5 Å². The first-order valence-corrected chi connectivity index (χ1v) is 24.1. The molecule has 0 aliphatic carbocycles. The molecule has 11 nitrogen and oxygen atoms in total. The van der Waals surface area contributed by atoms with E-state index >= 15 is 0 Å². The van der Waals surface area contributed by atoms with Crippen LogP contribution >= 0.6 is 0 Å². The third kappa shape index (κ3) is 16.3. The van der Waals surface area contributed by atoms with Crippen LogP contribution in [0.4, 0.5) is 0 Å². The topological polar surface area (TPSA) is 151 Å². The largest absolute Gasteiger partial charge is 0.478 e. The zero-order chi connectivity index (χ0) is 51.8. The first kappa shape index (κ1) is 59.5. The number of aliphatic carboxylic acids is 1. The number of nitrogens with zero attached hydrogens (tertiary/aromatic N) is 2. The first-order valence-electron chi connectivity index (χ1n) is 24.1. The van der Waals surface area contributed by atoms with Crippen LogP contribution in [-0.2, 0) is 24.7 Å². The third-order valence-corrected chi connectivity index (χ3v) is 8.93. The minimum Gasteiger partial charge on any atom is -0.478 e. The Morgan fingerprint density at radius 1 is 0.536 bits per heavy atom. The average Bonchev–Trinajstić information content (AvgIpc) is 4.07. The van der Waals surface area contributed by atoms with Crippen molar-refractivity contribution >= 4 is 39.9 Å². The highest BCUT2D eigenvalue weighted by Gasteiger charge is 2.39. The fourth-order valence-corrected chi connectivity index (χ4v) is 5.99. The Bertz CT molecular complexity index is 2590. The van der Waals surface area contributed by atoms with E-state index in [1.807, 2.05) is 156 Å². The molecule has 0 saturated carbocycles. The molecule has 1 N–H and O–H groups in total. The van der Waals surface area contributed by atoms with Crippen LogP contribution in [0.25, 0.3) is 45.1 Å². The molecule has 11 heteroatoms. The lowest BCUT2D eigenvalue weighted by molar-refractivity contribution is -0.156. The van der Waals surface area contributed by atoms with Gasteiger partial charge in [-0.15, -0.1) is 0 Å². The van der Waals surface area contributed by atoms with E-state index in [0.717, 1.165) is 5.52 Å². The monoisotopic (exact) mass is 941 g/mol. The molecule has 0 saturated heterocycles. The van der Waals surface area contributed by atoms with Gasteiger partial charge in [-0.3, -0.25) is 4.79 Å². The van der Waals surface area contributed by atoms with Crippen molar-refractivity contribution in [2.24, 2.45) is 0 Å². The zero-order valence-electron chi connectivity index (χ0n) is 42.9. The quantitative estimate of drug-likeness (QED) is 0.0920. The molecule has 0 bridgehead atoms. The molecule has 0 aliphatic heterocycles. The number of carboxylic acid groups (broad SMARTS) is 1. The summed E-state index contributed by atoms with van der Waals surface area (Å²) in [6.45, 7) is 27.3. The number of aromatic nitrogens is 2. The number of rotatable bonds is 12. The van der Waals surface area contributed by atoms with Gasteiger partial charge in [-0.1, -0.05) is 192 Å². The standard InChI is InChI=1S/C24H19NO5.C22H17NO4.6C2H6/c1-2-28-24(27)21(26)22(16-10-4-3-5-11-16)29-19-14-8-6-12-17(19)23-25-18-13-7-9-15-20(18)30-23;1-22(21(24)25,15-9-3-2-4-10-15)27-18-13-7-5-11-16(18)20-23-17-12-6-8-14-19(17)26-20;6*1-2/h3-15,22H,2H2,1H3;2-14H,1H3,(H,24,25);6*1-2H3. The number of carbonyl (C=O) groups excluding carboxylic acids is 2. The summed E-state index contributed by atoms with van der Waals surface area (Å²) < 4.78 is 28.7. The highest BCUT2D eigenvalue weighted by molar-refractivity contribution is 6.35. The van der Waals surface area contributed by atoms with Crippen molar-refractivity contribution in [3.8, 4) is 34.4 Å². The molecule has 0 amide bonds. The van der Waals surface area contributed by atoms with Gasteiger partial charge in [0.25, 0.3) is 5.78 Å². The van der Waals surface area contributed by atoms with Gasteiger partial charge in [0.05, 0.1) is 17.7 Å². The summed E-state index contributed by atoms with van der Waals surface area (Å²) in [4.78, 5) is 46.0. The summed E-state index contributed by atoms with van der Waals surface area (Å²) in [7, 11) is 0. The Hall–Kier alpha value is -7.53. The SMILES string of the molecule is CC.CC.CC.CC.CC.CC.CC(Oc1ccccc1-c1nc2ccccc2o1)(C(=O)O)c1ccccc1.CCOC(=O)C(=O)C(Oc1ccccc1-c1nc2ccccc2o1)c1ccccc1. The Labute approximate surface area is 409 Å². The number of carbonyl (C=O) groups is 3. The fraction of sp³-hybridized carbons (Fsp3) is 0.293. The number of para-hydroxylation sites is 6. The second-order valence-corrected chi connectivity index (χ2v) is 12.8. The van der Waals surface area contributed by atoms with E-state index in [2.05, 4.69) is 9.97 Å². The van der Waals surface area contributed by atoms with Gasteiger partial charge in [-0.05, 0) is 62.4 Å². The Morgan fingerprint density at radius 3 is 1.38 bits per heavy atom. The Kier molecular flexibility index (Phi) is 28.5. The minimum absolute atomic E-state index is 0.103. The van der Waals surface area contributed by atoms with Crippen molar-refractivity contribution < 1.29 is 42.5 Å². The van der Waals surface area contributed by atoms with Gasteiger partial charge in [0.2, 0.25) is 17.4 Å². The Morgan fingerprint density at radius 2 is 0.928 bits per heavy atom. The smallest absolute Gasteiger partial charge is 0.379 e. The lowest BCUT2D eigenvalue weighted by atomic mass is 9.95. The van der Waals surface area contributed by atoms with Gasteiger partial charge in [0.15, 0.2) is 17.3 Å². The molecule has 0 fully saturated rings. The molecular formula is C58H72N2O9. The highest BCUT2D eigenvalue weighted by atomic mass is 16.5. The molecular weight excluding hydrogens is 869 g/mol. The molecule has 2 atom stereocenters. The molecule has 2 unspecified atom stereocenters. The van der Waals surface area contributed by atoms with E-state index < -0.39 is 29.4 Å². The lowest BCUT2D eigenvalue weighted by Crippen LogP contribution is -2.38. The summed E-state index contributed by atoms with van der Waals surface area (Å²) in [6, 6.07) is 46.8. The molecule has 368 valence electrons. The predicted molar refractivity (Wildman–Crippen MR) is 280 cm³/mol. The second kappa shape index (κ2) is 33.0. The number of oxazole rings is 2. The van der Waals surface area contributed by atoms with E-state index in [0.29, 0.717) is 62.2 Å². The number of hydrogen-bond acceptors (Lipinski definition) is 10. The lowest BCUT2D eigenvalue weighted by Gasteiger charge is -2.27. The van der Waals surface area contributed by atoms with E-state index in [1.165, 1.54) is 6.92 Å². The molecule has 6 aromatic carbocycles. The van der Waals surface area contributed by atoms with E-state index in [1.54, 1.807) is 91.9 Å². The molecule has 8 aromatic rings. The average molecular weight is 941 g/mol. The van der Waals surface area contributed by atoms with Crippen molar-refractivity contribution in [2.45, 2.75) is 109 Å². The normalized spacial score (nSPS) is 10.8. The molecule has 8 rings (SSSR count). The highest BCUT2D eigenvalue weighted by Crippen LogP contribution is 2.37. The zero-order valence-corrected chi connectivity index (χ0v) is 42.9. The maximum Gasteiger partial charge on any atom is 0.379 e. The molecule has 2 heterocycles. The number of ether oxygens (including phenoxy) is 3. The maximum absolute atomic E-state index is 12.8. The van der Waals surface area contributed by atoms with Crippen LogP contribution in [0.3, 0.4) is 0 Å². The molecule has 0 aliphatic rings. The van der Waals surface area contributed by atoms with E-state index in [4.69, 9.17) is 23.0 Å². The Balaban J connectivity index is 0.000000569. The van der Waals surface area contributed by atoms with Crippen molar-refractivity contribution in [1.82, 2.24) is 9.97 Å². The van der Waals surface area contributed by atoms with Crippen LogP contribution in [0.15, 0.2) is 167 Å². The molecule has 2 aromatic heterocycles. The van der Waals surface area contributed by atoms with E-state index in [-0.39, 0.29) is 6.61 Å². The van der Waals surface area contributed by atoms with Gasteiger partial charge in [-0.25, -0.2) is 19.6 Å². The van der Waals surface area contributed by atoms with Crippen LogP contribution in [0.2, 0.25) is 0 Å². The summed E-state index contributed by atoms with van der Waals surface area (Å²) in [5.74, 6) is -1.30. The molecule has 0 radical (unpaired) electrons. The minimum atomic E-state index is -1.55. The number of esters is 1. The predicted octanol–water partition coefficient (Wildman–Crippen LogP) is 15.8. The number of fused-ring (bicyclic) bond motifs is 2.